The maximum Gasteiger partial charge on any atom is 0.136 e. The first-order valence-electron chi connectivity index (χ1n) is 6.33. The number of hydrogen-bond donors (Lipinski definition) is 0. The Morgan fingerprint density at radius 2 is 2.05 bits per heavy atom. The van der Waals surface area contributed by atoms with Crippen molar-refractivity contribution in [3.63, 3.8) is 0 Å². The molecule has 1 fully saturated rings. The van der Waals surface area contributed by atoms with Crippen molar-refractivity contribution in [1.29, 1.82) is 0 Å². The molecule has 0 bridgehead atoms. The Kier molecular flexibility index (Phi) is 6.62. The predicted molar refractivity (Wildman–Crippen MR) is 93.6 cm³/mol. The second-order valence-electron chi connectivity index (χ2n) is 4.43. The number of benzene rings is 1. The van der Waals surface area contributed by atoms with Crippen LogP contribution in [-0.2, 0) is 10.8 Å². The molecule has 1 aliphatic rings. The van der Waals surface area contributed by atoms with Crippen molar-refractivity contribution in [3.8, 4) is 0 Å². The first-order chi connectivity index (χ1) is 9.58. The van der Waals surface area contributed by atoms with E-state index in [1.54, 1.807) is 30.0 Å². The second-order valence-corrected chi connectivity index (χ2v) is 8.54. The Labute approximate surface area is 141 Å². The van der Waals surface area contributed by atoms with Gasteiger partial charge in [0.2, 0.25) is 0 Å². The molecule has 0 aromatic heterocycles. The highest BCUT2D eigenvalue weighted by molar-refractivity contribution is 8.23. The number of nitrogens with zero attached hydrogens (tertiary/aromatic N) is 1. The Bertz CT molecular complexity index is 518. The van der Waals surface area contributed by atoms with Crippen molar-refractivity contribution in [2.45, 2.75) is 17.7 Å². The molecule has 1 atom stereocenters. The minimum Gasteiger partial charge on any atom is -0.358 e. The highest BCUT2D eigenvalue weighted by atomic mass is 35.5. The number of halogens is 2. The summed E-state index contributed by atoms with van der Waals surface area (Å²) in [6.45, 7) is 2.10. The zero-order chi connectivity index (χ0) is 14.5. The maximum absolute atomic E-state index is 12.2. The molecule has 1 heterocycles. The average Bonchev–Trinajstić information content (AvgIpc) is 2.95. The van der Waals surface area contributed by atoms with E-state index in [1.165, 1.54) is 12.8 Å². The topological polar surface area (TPSA) is 20.3 Å². The lowest BCUT2D eigenvalue weighted by atomic mass is 10.4. The number of likely N-dealkylation sites (tertiary alicyclic amines) is 1. The monoisotopic (exact) mass is 367 g/mol. The van der Waals surface area contributed by atoms with E-state index in [2.05, 4.69) is 4.90 Å². The lowest BCUT2D eigenvalue weighted by molar-refractivity contribution is 0.539. The molecule has 7 heteroatoms. The molecule has 0 saturated carbocycles. The standard InChI is InChI=1S/C13H15Cl2NOS3/c14-10-3-4-11(15)12(9-10)20(17)8-7-19-13(18)16-5-1-2-6-16/h3-4,9H,1-2,5-8H2. The van der Waals surface area contributed by atoms with Crippen molar-refractivity contribution < 1.29 is 4.21 Å². The minimum atomic E-state index is -1.14. The van der Waals surface area contributed by atoms with Crippen LogP contribution >= 0.6 is 47.2 Å². The fraction of sp³-hybridized carbons (Fsp3) is 0.462. The van der Waals surface area contributed by atoms with Crippen LogP contribution in [0.5, 0.6) is 0 Å². The first-order valence-corrected chi connectivity index (χ1v) is 9.80. The van der Waals surface area contributed by atoms with Gasteiger partial charge in [0.25, 0.3) is 0 Å². The highest BCUT2D eigenvalue weighted by Crippen LogP contribution is 2.24. The van der Waals surface area contributed by atoms with Crippen molar-refractivity contribution >= 4 is 62.3 Å². The summed E-state index contributed by atoms with van der Waals surface area (Å²) in [6, 6.07) is 5.05. The van der Waals surface area contributed by atoms with Gasteiger partial charge in [-0.3, -0.25) is 4.21 Å². The van der Waals surface area contributed by atoms with Gasteiger partial charge in [-0.15, -0.1) is 0 Å². The van der Waals surface area contributed by atoms with Gasteiger partial charge in [0, 0.05) is 29.6 Å². The van der Waals surface area contributed by atoms with E-state index in [1.807, 2.05) is 0 Å². The smallest absolute Gasteiger partial charge is 0.136 e. The molecule has 1 aromatic carbocycles. The summed E-state index contributed by atoms with van der Waals surface area (Å²) in [5.41, 5.74) is 0. The van der Waals surface area contributed by atoms with Crippen LogP contribution in [0, 0.1) is 0 Å². The molecule has 1 unspecified atom stereocenters. The van der Waals surface area contributed by atoms with Gasteiger partial charge in [0.05, 0.1) is 20.7 Å². The summed E-state index contributed by atoms with van der Waals surface area (Å²) in [5, 5.41) is 1.05. The Morgan fingerprint density at radius 3 is 2.75 bits per heavy atom. The van der Waals surface area contributed by atoms with Crippen LogP contribution in [0.2, 0.25) is 10.0 Å². The summed E-state index contributed by atoms with van der Waals surface area (Å²) in [5.74, 6) is 1.25. The number of thioether (sulfide) groups is 1. The molecule has 1 aromatic rings. The van der Waals surface area contributed by atoms with E-state index in [0.717, 1.165) is 23.2 Å². The van der Waals surface area contributed by atoms with E-state index in [-0.39, 0.29) is 0 Å². The second kappa shape index (κ2) is 7.99. The number of rotatable bonds is 4. The molecule has 0 N–H and O–H groups in total. The van der Waals surface area contributed by atoms with Gasteiger partial charge in [-0.05, 0) is 31.0 Å². The fourth-order valence-electron chi connectivity index (χ4n) is 1.96. The van der Waals surface area contributed by atoms with Gasteiger partial charge < -0.3 is 4.90 Å². The summed E-state index contributed by atoms with van der Waals surface area (Å²) in [7, 11) is -1.14. The molecule has 0 aliphatic carbocycles. The molecule has 0 radical (unpaired) electrons. The van der Waals surface area contributed by atoms with Gasteiger partial charge in [-0.1, -0.05) is 47.2 Å². The van der Waals surface area contributed by atoms with E-state index in [0.29, 0.717) is 20.7 Å². The lowest BCUT2D eigenvalue weighted by Gasteiger charge is -2.17. The summed E-state index contributed by atoms with van der Waals surface area (Å²) in [6.07, 6.45) is 2.43. The van der Waals surface area contributed by atoms with Gasteiger partial charge in [0.15, 0.2) is 0 Å². The average molecular weight is 368 g/mol. The van der Waals surface area contributed by atoms with Crippen molar-refractivity contribution in [3.05, 3.63) is 28.2 Å². The van der Waals surface area contributed by atoms with Gasteiger partial charge >= 0.3 is 0 Å². The summed E-state index contributed by atoms with van der Waals surface area (Å²) < 4.78 is 13.1. The molecule has 1 aliphatic heterocycles. The largest absolute Gasteiger partial charge is 0.358 e. The molecule has 1 saturated heterocycles. The van der Waals surface area contributed by atoms with Crippen LogP contribution in [0.3, 0.4) is 0 Å². The van der Waals surface area contributed by atoms with Crippen LogP contribution < -0.4 is 0 Å². The predicted octanol–water partition coefficient (Wildman–Crippen LogP) is 4.21. The lowest BCUT2D eigenvalue weighted by Crippen LogP contribution is -2.23. The van der Waals surface area contributed by atoms with Crippen LogP contribution in [0.25, 0.3) is 0 Å². The zero-order valence-electron chi connectivity index (χ0n) is 10.8. The molecular weight excluding hydrogens is 353 g/mol. The normalized spacial score (nSPS) is 16.4. The summed E-state index contributed by atoms with van der Waals surface area (Å²) >= 11 is 18.9. The van der Waals surface area contributed by atoms with E-state index >= 15 is 0 Å². The molecule has 2 rings (SSSR count). The van der Waals surface area contributed by atoms with Crippen molar-refractivity contribution in [2.24, 2.45) is 0 Å². The van der Waals surface area contributed by atoms with Crippen LogP contribution in [0.15, 0.2) is 23.1 Å². The van der Waals surface area contributed by atoms with Gasteiger partial charge in [-0.2, -0.15) is 0 Å². The quantitative estimate of drug-likeness (QED) is 0.742. The fourth-order valence-corrected chi connectivity index (χ4v) is 5.24. The molecule has 2 nitrogen and oxygen atoms in total. The number of thiocarbonyl (C=S) groups is 1. The SMILES string of the molecule is O=S(CCSC(=S)N1CCCC1)c1cc(Cl)ccc1Cl. The number of hydrogen-bond acceptors (Lipinski definition) is 3. The van der Waals surface area contributed by atoms with Crippen LogP contribution in [-0.4, -0.2) is 38.0 Å². The molecule has 20 heavy (non-hydrogen) atoms. The minimum absolute atomic E-state index is 0.500. The molecule has 110 valence electrons. The third kappa shape index (κ3) is 4.60. The molecular formula is C13H15Cl2NOS3. The van der Waals surface area contributed by atoms with Crippen molar-refractivity contribution in [2.75, 3.05) is 24.6 Å². The Hall–Kier alpha value is 0.190. The van der Waals surface area contributed by atoms with E-state index in [4.69, 9.17) is 35.4 Å². The molecule has 0 spiro atoms. The van der Waals surface area contributed by atoms with E-state index in [9.17, 15) is 4.21 Å². The third-order valence-corrected chi connectivity index (χ3v) is 6.86. The molecule has 0 amide bonds. The third-order valence-electron chi connectivity index (χ3n) is 3.00. The zero-order valence-corrected chi connectivity index (χ0v) is 14.8. The van der Waals surface area contributed by atoms with Crippen LogP contribution in [0.1, 0.15) is 12.8 Å². The first kappa shape index (κ1) is 16.6. The van der Waals surface area contributed by atoms with Gasteiger partial charge in [-0.25, -0.2) is 0 Å². The van der Waals surface area contributed by atoms with E-state index < -0.39 is 10.8 Å². The summed E-state index contributed by atoms with van der Waals surface area (Å²) in [4.78, 5) is 2.82. The van der Waals surface area contributed by atoms with Gasteiger partial charge in [0.1, 0.15) is 4.32 Å². The Morgan fingerprint density at radius 1 is 1.35 bits per heavy atom. The van der Waals surface area contributed by atoms with Crippen LogP contribution in [0.4, 0.5) is 0 Å². The van der Waals surface area contributed by atoms with Crippen molar-refractivity contribution in [1.82, 2.24) is 4.90 Å². The highest BCUT2D eigenvalue weighted by Gasteiger charge is 2.16. The Balaban J connectivity index is 1.83. The maximum atomic E-state index is 12.2.